The van der Waals surface area contributed by atoms with E-state index in [-0.39, 0.29) is 17.6 Å². The van der Waals surface area contributed by atoms with Crippen LogP contribution in [0.2, 0.25) is 0 Å². The second-order valence-corrected chi connectivity index (χ2v) is 21.7. The fourth-order valence-electron chi connectivity index (χ4n) is 11.8. The SMILES string of the molecule is Cc1cc(C)c(-n2c[n+](-c3c(C)cc(C)cc3C)cc2[O-])c(C)c1.Cc1cc(C)c(-n2c[n+](-c3c(C)cc(C)cc3C)cc2[O-])c(C)c1.Cc1cc(C)c(-n2c[n+](-c3c(C)cc(C)cc3C)cc2[O-])c(C)c1.c1ccccc1. The molecule has 10 rings (SSSR count). The largest absolute Gasteiger partial charge is 0.839 e. The van der Waals surface area contributed by atoms with Crippen LogP contribution in [0.25, 0.3) is 34.1 Å². The van der Waals surface area contributed by atoms with Crippen molar-refractivity contribution in [3.8, 4) is 51.8 Å². The molecule has 0 atom stereocenters. The van der Waals surface area contributed by atoms with Gasteiger partial charge in [-0.25, -0.2) is 27.4 Å². The maximum atomic E-state index is 12.6. The molecule has 9 nitrogen and oxygen atoms in total. The first-order valence-electron chi connectivity index (χ1n) is 26.7. The minimum Gasteiger partial charge on any atom is -0.839 e. The third-order valence-corrected chi connectivity index (χ3v) is 14.2. The highest BCUT2D eigenvalue weighted by Gasteiger charge is 2.22. The van der Waals surface area contributed by atoms with Gasteiger partial charge in [0.15, 0.2) is 0 Å². The van der Waals surface area contributed by atoms with Crippen LogP contribution in [-0.2, 0) is 0 Å². The smallest absolute Gasteiger partial charge is 0.253 e. The van der Waals surface area contributed by atoms with E-state index in [1.165, 1.54) is 66.8 Å². The number of hydrogen-bond acceptors (Lipinski definition) is 3. The molecular formula is C69H78N6O3. The van der Waals surface area contributed by atoms with Crippen LogP contribution in [0.1, 0.15) is 100 Å². The van der Waals surface area contributed by atoms with Gasteiger partial charge in [0.05, 0.1) is 0 Å². The lowest BCUT2D eigenvalue weighted by atomic mass is 10.0. The van der Waals surface area contributed by atoms with E-state index >= 15 is 0 Å². The first-order chi connectivity index (χ1) is 36.8. The van der Waals surface area contributed by atoms with Crippen molar-refractivity contribution in [3.05, 3.63) is 247 Å². The van der Waals surface area contributed by atoms with Crippen LogP contribution < -0.4 is 29.0 Å². The zero-order chi connectivity index (χ0) is 57.0. The van der Waals surface area contributed by atoms with Crippen molar-refractivity contribution in [2.75, 3.05) is 0 Å². The van der Waals surface area contributed by atoms with Gasteiger partial charge in [-0.3, -0.25) is 0 Å². The Morgan fingerprint density at radius 1 is 0.244 bits per heavy atom. The highest BCUT2D eigenvalue weighted by Crippen LogP contribution is 2.28. The van der Waals surface area contributed by atoms with Crippen LogP contribution in [-0.4, -0.2) is 13.7 Å². The highest BCUT2D eigenvalue weighted by molar-refractivity contribution is 5.54. The second-order valence-electron chi connectivity index (χ2n) is 21.7. The Balaban J connectivity index is 0.000000160. The van der Waals surface area contributed by atoms with Crippen molar-refractivity contribution in [3.63, 3.8) is 0 Å². The van der Waals surface area contributed by atoms with Gasteiger partial charge in [-0.15, -0.1) is 0 Å². The number of rotatable bonds is 6. The summed E-state index contributed by atoms with van der Waals surface area (Å²) in [5, 5.41) is 37.9. The van der Waals surface area contributed by atoms with E-state index in [4.69, 9.17) is 0 Å². The molecule has 0 amide bonds. The van der Waals surface area contributed by atoms with Crippen molar-refractivity contribution in [1.82, 2.24) is 13.7 Å². The van der Waals surface area contributed by atoms with Gasteiger partial charge in [0.2, 0.25) is 0 Å². The van der Waals surface area contributed by atoms with Crippen LogP contribution in [0.3, 0.4) is 0 Å². The third-order valence-electron chi connectivity index (χ3n) is 14.2. The van der Waals surface area contributed by atoms with Gasteiger partial charge in [-0.1, -0.05) is 143 Å². The molecule has 0 unspecified atom stereocenters. The molecule has 0 fully saturated rings. The molecule has 3 heterocycles. The summed E-state index contributed by atoms with van der Waals surface area (Å²) < 4.78 is 11.1. The van der Waals surface area contributed by atoms with Crippen molar-refractivity contribution < 1.29 is 29.0 Å². The van der Waals surface area contributed by atoms with E-state index in [1.807, 2.05) is 69.1 Å². The number of nitrogens with zero attached hydrogens (tertiary/aromatic N) is 6. The number of aromatic nitrogens is 6. The van der Waals surface area contributed by atoms with Crippen molar-refractivity contribution in [2.24, 2.45) is 0 Å². The van der Waals surface area contributed by atoms with Gasteiger partial charge in [0.1, 0.15) is 70.4 Å². The summed E-state index contributed by atoms with van der Waals surface area (Å²) in [7, 11) is 0. The molecule has 0 saturated heterocycles. The fraction of sp³-hybridized carbons (Fsp3) is 0.261. The van der Waals surface area contributed by atoms with E-state index in [0.29, 0.717) is 0 Å². The van der Waals surface area contributed by atoms with Gasteiger partial charge in [0, 0.05) is 0 Å². The molecule has 10 aromatic rings. The monoisotopic (exact) mass is 1040 g/mol. The molecule has 0 aliphatic heterocycles. The third kappa shape index (κ3) is 12.7. The van der Waals surface area contributed by atoms with E-state index in [0.717, 1.165) is 67.5 Å². The Morgan fingerprint density at radius 3 is 0.564 bits per heavy atom. The maximum Gasteiger partial charge on any atom is 0.253 e. The summed E-state index contributed by atoms with van der Waals surface area (Å²) >= 11 is 0. The average Bonchev–Trinajstić information content (AvgIpc) is 4.00. The van der Waals surface area contributed by atoms with Gasteiger partial charge in [-0.05, 0) is 191 Å². The quantitative estimate of drug-likeness (QED) is 0.155. The van der Waals surface area contributed by atoms with Crippen molar-refractivity contribution in [2.45, 2.75) is 125 Å². The summed E-state index contributed by atoms with van der Waals surface area (Å²) in [5.41, 5.74) is 27.3. The fourth-order valence-corrected chi connectivity index (χ4v) is 11.8. The second kappa shape index (κ2) is 23.9. The lowest BCUT2D eigenvalue weighted by Gasteiger charge is -2.11. The molecule has 9 heteroatoms. The van der Waals surface area contributed by atoms with Crippen molar-refractivity contribution in [1.29, 1.82) is 0 Å². The van der Waals surface area contributed by atoms with Crippen LogP contribution in [0.4, 0.5) is 0 Å². The first kappa shape index (κ1) is 57.3. The van der Waals surface area contributed by atoms with Crippen LogP contribution in [0.15, 0.2) is 147 Å². The summed E-state index contributed by atoms with van der Waals surface area (Å²) in [6.45, 7) is 37.4. The van der Waals surface area contributed by atoms with E-state index in [2.05, 4.69) is 197 Å². The molecule has 402 valence electrons. The number of imidazole rings is 3. The predicted molar refractivity (Wildman–Crippen MR) is 312 cm³/mol. The Labute approximate surface area is 463 Å². The van der Waals surface area contributed by atoms with Gasteiger partial charge in [-0.2, -0.15) is 0 Å². The Kier molecular flexibility index (Phi) is 17.5. The summed E-state index contributed by atoms with van der Waals surface area (Å²) in [5.74, 6) is -0.0294. The van der Waals surface area contributed by atoms with E-state index in [9.17, 15) is 15.3 Å². The molecule has 0 aliphatic carbocycles. The lowest BCUT2D eigenvalue weighted by Crippen LogP contribution is -2.30. The van der Waals surface area contributed by atoms with E-state index in [1.54, 1.807) is 32.3 Å². The summed E-state index contributed by atoms with van der Waals surface area (Å²) in [6, 6.07) is 37.6. The van der Waals surface area contributed by atoms with Gasteiger partial charge in [0.25, 0.3) is 19.0 Å². The molecule has 7 aromatic carbocycles. The number of hydrogen-bond donors (Lipinski definition) is 0. The molecule has 78 heavy (non-hydrogen) atoms. The van der Waals surface area contributed by atoms with Crippen LogP contribution >= 0.6 is 0 Å². The molecule has 0 radical (unpaired) electrons. The molecule has 3 aromatic heterocycles. The van der Waals surface area contributed by atoms with E-state index < -0.39 is 0 Å². The standard InChI is InChI=1S/3C21H24N2O.C6H6/c3*1-13-7-15(3)20(16(4)8-13)22-11-19(24)23(12-22)21-17(5)9-14(2)10-18(21)6;1-2-4-6-5-3-1/h3*7-12H,1-6H3;1-6H. The molecule has 0 saturated carbocycles. The first-order valence-corrected chi connectivity index (χ1v) is 26.7. The number of aryl methyl sites for hydroxylation is 18. The van der Waals surface area contributed by atoms with Gasteiger partial charge >= 0.3 is 0 Å². The number of benzene rings is 7. The predicted octanol–water partition coefficient (Wildman–Crippen LogP) is 12.7. The Bertz CT molecular complexity index is 3280. The van der Waals surface area contributed by atoms with Gasteiger partial charge < -0.3 is 15.3 Å². The topological polar surface area (TPSA) is 95.6 Å². The normalized spacial score (nSPS) is 10.8. The lowest BCUT2D eigenvalue weighted by molar-refractivity contribution is -0.597. The molecule has 0 aliphatic rings. The summed E-state index contributed by atoms with van der Waals surface area (Å²) in [4.78, 5) is 0. The Morgan fingerprint density at radius 2 is 0.397 bits per heavy atom. The minimum absolute atomic E-state index is 0.00979. The zero-order valence-electron chi connectivity index (χ0n) is 49.3. The zero-order valence-corrected chi connectivity index (χ0v) is 49.3. The molecular weight excluding hydrogens is 961 g/mol. The molecule has 0 spiro atoms. The average molecular weight is 1040 g/mol. The Hall–Kier alpha value is -8.43. The molecule has 0 N–H and O–H groups in total. The highest BCUT2D eigenvalue weighted by atomic mass is 16.3. The summed E-state index contributed by atoms with van der Waals surface area (Å²) in [6.07, 6.45) is 10.7. The van der Waals surface area contributed by atoms with Crippen molar-refractivity contribution >= 4 is 0 Å². The van der Waals surface area contributed by atoms with Crippen LogP contribution in [0.5, 0.6) is 17.6 Å². The van der Waals surface area contributed by atoms with Crippen LogP contribution in [0, 0.1) is 125 Å². The minimum atomic E-state index is -0.00979. The molecule has 0 bridgehead atoms. The maximum absolute atomic E-state index is 12.6.